The summed E-state index contributed by atoms with van der Waals surface area (Å²) in [4.78, 5) is 6.78. The molecular formula is C21H24ClN3OS. The van der Waals surface area contributed by atoms with Crippen LogP contribution >= 0.6 is 22.9 Å². The number of aliphatic hydroxyl groups excluding tert-OH is 1. The molecule has 0 amide bonds. The number of aromatic nitrogens is 1. The van der Waals surface area contributed by atoms with E-state index in [-0.39, 0.29) is 5.76 Å². The van der Waals surface area contributed by atoms with E-state index in [9.17, 15) is 5.11 Å². The van der Waals surface area contributed by atoms with Crippen molar-refractivity contribution in [3.05, 3.63) is 45.4 Å². The lowest BCUT2D eigenvalue weighted by molar-refractivity contribution is 0.253. The van der Waals surface area contributed by atoms with Crippen LogP contribution in [0.4, 0.5) is 0 Å². The van der Waals surface area contributed by atoms with Crippen LogP contribution < -0.4 is 0 Å². The van der Waals surface area contributed by atoms with E-state index < -0.39 is 0 Å². The van der Waals surface area contributed by atoms with Crippen LogP contribution in [0.3, 0.4) is 0 Å². The van der Waals surface area contributed by atoms with Crippen LogP contribution in [0, 0.1) is 5.41 Å². The maximum Gasteiger partial charge on any atom is 0.135 e. The quantitative estimate of drug-likeness (QED) is 0.649. The predicted octanol–water partition coefficient (Wildman–Crippen LogP) is 6.14. The van der Waals surface area contributed by atoms with Crippen molar-refractivity contribution in [3.63, 3.8) is 0 Å². The third kappa shape index (κ3) is 3.90. The van der Waals surface area contributed by atoms with Crippen molar-refractivity contribution in [3.8, 4) is 11.3 Å². The number of amidine groups is 1. The van der Waals surface area contributed by atoms with Gasteiger partial charge in [-0.3, -0.25) is 5.41 Å². The van der Waals surface area contributed by atoms with E-state index in [4.69, 9.17) is 22.0 Å². The van der Waals surface area contributed by atoms with Crippen LogP contribution in [0.25, 0.3) is 16.8 Å². The Bertz CT molecular complexity index is 851. The largest absolute Gasteiger partial charge is 0.510 e. The molecule has 1 aliphatic heterocycles. The SMILES string of the molecule is N=C1C(c2nc(-c3ccc(Cl)cc3)cs2)=C(O)CN1C1CCCCCCC1. The number of halogens is 1. The maximum absolute atomic E-state index is 10.6. The highest BCUT2D eigenvalue weighted by Crippen LogP contribution is 2.35. The summed E-state index contributed by atoms with van der Waals surface area (Å²) in [5.74, 6) is 0.703. The highest BCUT2D eigenvalue weighted by Gasteiger charge is 2.34. The average Bonchev–Trinajstić information content (AvgIpc) is 3.20. The van der Waals surface area contributed by atoms with Crippen molar-refractivity contribution >= 4 is 34.3 Å². The van der Waals surface area contributed by atoms with Crippen molar-refractivity contribution in [2.45, 2.75) is 51.0 Å². The Morgan fingerprint density at radius 3 is 2.44 bits per heavy atom. The Hall–Kier alpha value is -1.85. The molecule has 4 rings (SSSR count). The first-order valence-electron chi connectivity index (χ1n) is 9.63. The fourth-order valence-corrected chi connectivity index (χ4v) is 5.05. The molecule has 142 valence electrons. The van der Waals surface area contributed by atoms with E-state index in [1.54, 1.807) is 0 Å². The minimum Gasteiger partial charge on any atom is -0.510 e. The number of nitrogens with one attached hydrogen (secondary N) is 1. The van der Waals surface area contributed by atoms with Crippen molar-refractivity contribution in [2.24, 2.45) is 0 Å². The van der Waals surface area contributed by atoms with Gasteiger partial charge >= 0.3 is 0 Å². The number of rotatable bonds is 3. The summed E-state index contributed by atoms with van der Waals surface area (Å²) >= 11 is 7.45. The van der Waals surface area contributed by atoms with Gasteiger partial charge in [0.1, 0.15) is 16.6 Å². The summed E-state index contributed by atoms with van der Waals surface area (Å²) in [6, 6.07) is 7.93. The van der Waals surface area contributed by atoms with Crippen LogP contribution in [0.2, 0.25) is 5.02 Å². The second-order valence-electron chi connectivity index (χ2n) is 7.34. The van der Waals surface area contributed by atoms with Crippen molar-refractivity contribution in [1.29, 1.82) is 5.41 Å². The van der Waals surface area contributed by atoms with Gasteiger partial charge in [0.2, 0.25) is 0 Å². The lowest BCUT2D eigenvalue weighted by Crippen LogP contribution is -2.37. The Morgan fingerprint density at radius 1 is 1.07 bits per heavy atom. The molecule has 4 nitrogen and oxygen atoms in total. The summed E-state index contributed by atoms with van der Waals surface area (Å²) in [5.41, 5.74) is 2.44. The molecule has 2 aromatic rings. The van der Waals surface area contributed by atoms with E-state index >= 15 is 0 Å². The smallest absolute Gasteiger partial charge is 0.135 e. The number of hydrogen-bond donors (Lipinski definition) is 2. The van der Waals surface area contributed by atoms with Gasteiger partial charge in [-0.25, -0.2) is 4.98 Å². The molecule has 6 heteroatoms. The fraction of sp³-hybridized carbons (Fsp3) is 0.429. The minimum absolute atomic E-state index is 0.277. The van der Waals surface area contributed by atoms with Crippen molar-refractivity contribution in [1.82, 2.24) is 9.88 Å². The molecule has 2 N–H and O–H groups in total. The lowest BCUT2D eigenvalue weighted by Gasteiger charge is -2.31. The third-order valence-electron chi connectivity index (χ3n) is 5.51. The Morgan fingerprint density at radius 2 is 1.74 bits per heavy atom. The van der Waals surface area contributed by atoms with E-state index in [1.807, 2.05) is 29.6 Å². The molecule has 0 atom stereocenters. The first-order chi connectivity index (χ1) is 13.1. The number of hydrogen-bond acceptors (Lipinski definition) is 4. The minimum atomic E-state index is 0.277. The van der Waals surface area contributed by atoms with Gasteiger partial charge in [0.15, 0.2) is 0 Å². The van der Waals surface area contributed by atoms with Crippen LogP contribution in [0.5, 0.6) is 0 Å². The molecule has 1 aliphatic carbocycles. The molecule has 1 aromatic heterocycles. The van der Waals surface area contributed by atoms with Gasteiger partial charge in [0.05, 0.1) is 17.8 Å². The monoisotopic (exact) mass is 401 g/mol. The highest BCUT2D eigenvalue weighted by molar-refractivity contribution is 7.11. The summed E-state index contributed by atoms with van der Waals surface area (Å²) in [5, 5.41) is 22.7. The summed E-state index contributed by atoms with van der Waals surface area (Å²) in [6.45, 7) is 0.439. The molecule has 2 aliphatic rings. The maximum atomic E-state index is 10.6. The fourth-order valence-electron chi connectivity index (χ4n) is 4.02. The van der Waals surface area contributed by atoms with Gasteiger partial charge in [-0.1, -0.05) is 55.8 Å². The van der Waals surface area contributed by atoms with E-state index in [1.165, 1.54) is 43.4 Å². The summed E-state index contributed by atoms with van der Waals surface area (Å²) < 4.78 is 0. The Labute approximate surface area is 169 Å². The molecule has 2 heterocycles. The summed E-state index contributed by atoms with van der Waals surface area (Å²) in [7, 11) is 0. The second kappa shape index (κ2) is 8.03. The second-order valence-corrected chi connectivity index (χ2v) is 8.64. The lowest BCUT2D eigenvalue weighted by atomic mass is 9.95. The van der Waals surface area contributed by atoms with Gasteiger partial charge in [0, 0.05) is 22.0 Å². The molecule has 0 saturated heterocycles. The molecule has 27 heavy (non-hydrogen) atoms. The zero-order valence-electron chi connectivity index (χ0n) is 15.2. The van der Waals surface area contributed by atoms with Gasteiger partial charge in [-0.15, -0.1) is 11.3 Å². The van der Waals surface area contributed by atoms with Crippen LogP contribution in [0.1, 0.15) is 50.0 Å². The normalized spacial score (nSPS) is 19.4. The molecule has 0 bridgehead atoms. The van der Waals surface area contributed by atoms with Crippen LogP contribution in [0.15, 0.2) is 35.4 Å². The first-order valence-corrected chi connectivity index (χ1v) is 10.9. The topological polar surface area (TPSA) is 60.2 Å². The van der Waals surface area contributed by atoms with Gasteiger partial charge in [0.25, 0.3) is 0 Å². The molecule has 1 aromatic carbocycles. The molecule has 0 radical (unpaired) electrons. The van der Waals surface area contributed by atoms with Crippen LogP contribution in [-0.4, -0.2) is 33.4 Å². The number of benzene rings is 1. The number of thiazole rings is 1. The van der Waals surface area contributed by atoms with E-state index in [0.717, 1.165) is 29.1 Å². The van der Waals surface area contributed by atoms with Crippen LogP contribution in [-0.2, 0) is 0 Å². The molecule has 0 spiro atoms. The van der Waals surface area contributed by atoms with E-state index in [2.05, 4.69) is 4.90 Å². The Balaban J connectivity index is 1.54. The molecule has 1 saturated carbocycles. The number of nitrogens with zero attached hydrogens (tertiary/aromatic N) is 2. The van der Waals surface area contributed by atoms with E-state index in [0.29, 0.717) is 29.0 Å². The van der Waals surface area contributed by atoms with Gasteiger partial charge in [-0.2, -0.15) is 0 Å². The average molecular weight is 402 g/mol. The standard InChI is InChI=1S/C21H24ClN3OS/c22-15-10-8-14(9-11-15)17-13-27-21(24-17)19-18(26)12-25(20(19)23)16-6-4-2-1-3-5-7-16/h8-11,13,16,23,26H,1-7,12H2. The third-order valence-corrected chi connectivity index (χ3v) is 6.62. The first kappa shape index (κ1) is 18.5. The summed E-state index contributed by atoms with van der Waals surface area (Å²) in [6.07, 6.45) is 8.52. The Kier molecular flexibility index (Phi) is 5.50. The highest BCUT2D eigenvalue weighted by atomic mass is 35.5. The zero-order valence-corrected chi connectivity index (χ0v) is 16.8. The molecule has 0 unspecified atom stereocenters. The molecular weight excluding hydrogens is 378 g/mol. The van der Waals surface area contributed by atoms with Crippen molar-refractivity contribution < 1.29 is 5.11 Å². The van der Waals surface area contributed by atoms with Crippen molar-refractivity contribution in [2.75, 3.05) is 6.54 Å². The predicted molar refractivity (Wildman–Crippen MR) is 113 cm³/mol. The van der Waals surface area contributed by atoms with Gasteiger partial charge in [-0.05, 0) is 25.0 Å². The van der Waals surface area contributed by atoms with Gasteiger partial charge < -0.3 is 10.0 Å². The molecule has 1 fully saturated rings. The zero-order chi connectivity index (χ0) is 18.8. The number of aliphatic hydroxyl groups is 1.